The van der Waals surface area contributed by atoms with Gasteiger partial charge in [0, 0.05) is 16.6 Å². The second-order valence-electron chi connectivity index (χ2n) is 4.77. The van der Waals surface area contributed by atoms with Crippen molar-refractivity contribution in [3.8, 4) is 0 Å². The maximum atomic E-state index is 11.6. The molecule has 0 saturated heterocycles. The first-order chi connectivity index (χ1) is 8.63. The number of amides is 1. The van der Waals surface area contributed by atoms with E-state index in [1.807, 2.05) is 30.3 Å². The van der Waals surface area contributed by atoms with E-state index in [1.54, 1.807) is 17.2 Å². The van der Waals surface area contributed by atoms with Crippen molar-refractivity contribution in [1.82, 2.24) is 5.48 Å². The quantitative estimate of drug-likeness (QED) is 0.452. The molecule has 0 fully saturated rings. The molecule has 100 valence electrons. The van der Waals surface area contributed by atoms with Crippen molar-refractivity contribution in [2.75, 3.05) is 5.75 Å². The molecule has 4 heteroatoms. The molecule has 0 saturated carbocycles. The predicted molar refractivity (Wildman–Crippen MR) is 74.7 cm³/mol. The van der Waals surface area contributed by atoms with Gasteiger partial charge in [-0.3, -0.25) is 10.0 Å². The number of hydrogen-bond acceptors (Lipinski definition) is 3. The molecule has 1 unspecified atom stereocenters. The molecule has 0 bridgehead atoms. The molecule has 0 aromatic heterocycles. The van der Waals surface area contributed by atoms with Crippen LogP contribution in [0.2, 0.25) is 0 Å². The molecule has 1 amide bonds. The summed E-state index contributed by atoms with van der Waals surface area (Å²) in [7, 11) is 0. The van der Waals surface area contributed by atoms with E-state index in [0.29, 0.717) is 11.7 Å². The normalized spacial score (nSPS) is 12.4. The SMILES string of the molecule is CC(C)CCC(CSc1ccccc1)C(=O)NO. The molecule has 0 spiro atoms. The summed E-state index contributed by atoms with van der Waals surface area (Å²) in [6.07, 6.45) is 1.80. The summed E-state index contributed by atoms with van der Waals surface area (Å²) in [6, 6.07) is 10.00. The molecule has 0 aliphatic heterocycles. The van der Waals surface area contributed by atoms with Crippen LogP contribution in [0.1, 0.15) is 26.7 Å². The first kappa shape index (κ1) is 15.1. The highest BCUT2D eigenvalue weighted by molar-refractivity contribution is 7.99. The lowest BCUT2D eigenvalue weighted by molar-refractivity contribution is -0.132. The van der Waals surface area contributed by atoms with E-state index in [1.165, 1.54) is 0 Å². The maximum Gasteiger partial charge on any atom is 0.247 e. The summed E-state index contributed by atoms with van der Waals surface area (Å²) in [5, 5.41) is 8.76. The standard InChI is InChI=1S/C14H21NO2S/c1-11(2)8-9-12(14(16)15-17)10-18-13-6-4-3-5-7-13/h3-7,11-12,17H,8-10H2,1-2H3,(H,15,16). The van der Waals surface area contributed by atoms with Gasteiger partial charge in [-0.25, -0.2) is 5.48 Å². The van der Waals surface area contributed by atoms with Gasteiger partial charge in [-0.1, -0.05) is 38.5 Å². The van der Waals surface area contributed by atoms with Crippen molar-refractivity contribution in [2.24, 2.45) is 11.8 Å². The van der Waals surface area contributed by atoms with E-state index >= 15 is 0 Å². The van der Waals surface area contributed by atoms with Gasteiger partial charge in [-0.2, -0.15) is 0 Å². The molecule has 0 radical (unpaired) electrons. The molecule has 1 aromatic carbocycles. The monoisotopic (exact) mass is 267 g/mol. The van der Waals surface area contributed by atoms with E-state index in [-0.39, 0.29) is 11.8 Å². The third-order valence-corrected chi connectivity index (χ3v) is 3.94. The first-order valence-corrected chi connectivity index (χ1v) is 7.23. The molecule has 0 aliphatic rings. The van der Waals surface area contributed by atoms with E-state index in [2.05, 4.69) is 13.8 Å². The zero-order valence-electron chi connectivity index (χ0n) is 10.9. The second-order valence-corrected chi connectivity index (χ2v) is 5.86. The molecule has 0 aliphatic carbocycles. The van der Waals surface area contributed by atoms with Crippen molar-refractivity contribution < 1.29 is 10.0 Å². The van der Waals surface area contributed by atoms with Crippen LogP contribution in [0.3, 0.4) is 0 Å². The summed E-state index contributed by atoms with van der Waals surface area (Å²) in [4.78, 5) is 12.7. The largest absolute Gasteiger partial charge is 0.289 e. The van der Waals surface area contributed by atoms with Crippen LogP contribution in [0, 0.1) is 11.8 Å². The Morgan fingerprint density at radius 2 is 1.94 bits per heavy atom. The highest BCUT2D eigenvalue weighted by Crippen LogP contribution is 2.23. The Hall–Kier alpha value is -1.00. The molecule has 0 heterocycles. The van der Waals surface area contributed by atoms with Crippen molar-refractivity contribution in [3.63, 3.8) is 0 Å². The topological polar surface area (TPSA) is 49.3 Å². The summed E-state index contributed by atoms with van der Waals surface area (Å²) in [5.74, 6) is 0.853. The van der Waals surface area contributed by atoms with Crippen molar-refractivity contribution in [3.05, 3.63) is 30.3 Å². The third kappa shape index (κ3) is 5.56. The lowest BCUT2D eigenvalue weighted by Crippen LogP contribution is -2.29. The fraction of sp³-hybridized carbons (Fsp3) is 0.500. The maximum absolute atomic E-state index is 11.6. The average molecular weight is 267 g/mol. The van der Waals surface area contributed by atoms with Crippen molar-refractivity contribution >= 4 is 17.7 Å². The van der Waals surface area contributed by atoms with Crippen LogP contribution in [0.25, 0.3) is 0 Å². The van der Waals surface area contributed by atoms with Crippen molar-refractivity contribution in [1.29, 1.82) is 0 Å². The van der Waals surface area contributed by atoms with E-state index in [4.69, 9.17) is 5.21 Å². The van der Waals surface area contributed by atoms with Crippen LogP contribution < -0.4 is 5.48 Å². The Morgan fingerprint density at radius 3 is 2.50 bits per heavy atom. The number of thioether (sulfide) groups is 1. The highest BCUT2D eigenvalue weighted by Gasteiger charge is 2.18. The smallest absolute Gasteiger partial charge is 0.247 e. The van der Waals surface area contributed by atoms with Crippen LogP contribution in [-0.4, -0.2) is 16.9 Å². The van der Waals surface area contributed by atoms with Gasteiger partial charge in [0.2, 0.25) is 5.91 Å². The Labute approximate surface area is 113 Å². The van der Waals surface area contributed by atoms with Gasteiger partial charge in [-0.05, 0) is 24.5 Å². The van der Waals surface area contributed by atoms with E-state index in [0.717, 1.165) is 17.7 Å². The number of hydroxylamine groups is 1. The molecular formula is C14H21NO2S. The lowest BCUT2D eigenvalue weighted by atomic mass is 9.99. The van der Waals surface area contributed by atoms with Gasteiger partial charge >= 0.3 is 0 Å². The van der Waals surface area contributed by atoms with Crippen LogP contribution in [0.5, 0.6) is 0 Å². The van der Waals surface area contributed by atoms with Gasteiger partial charge in [0.15, 0.2) is 0 Å². The zero-order valence-corrected chi connectivity index (χ0v) is 11.7. The Kier molecular flexibility index (Phi) is 6.83. The van der Waals surface area contributed by atoms with Crippen LogP contribution >= 0.6 is 11.8 Å². The van der Waals surface area contributed by atoms with Gasteiger partial charge in [0.1, 0.15) is 0 Å². The Bertz CT molecular complexity index is 354. The third-order valence-electron chi connectivity index (χ3n) is 2.77. The number of carbonyl (C=O) groups excluding carboxylic acids is 1. The molecule has 18 heavy (non-hydrogen) atoms. The predicted octanol–water partition coefficient (Wildman–Crippen LogP) is 3.34. The Balaban J connectivity index is 2.48. The average Bonchev–Trinajstić information content (AvgIpc) is 2.39. The minimum absolute atomic E-state index is 0.136. The van der Waals surface area contributed by atoms with Crippen LogP contribution in [0.15, 0.2) is 35.2 Å². The second kappa shape index (κ2) is 8.16. The van der Waals surface area contributed by atoms with Crippen LogP contribution in [0.4, 0.5) is 0 Å². The van der Waals surface area contributed by atoms with Crippen LogP contribution in [-0.2, 0) is 4.79 Å². The fourth-order valence-corrected chi connectivity index (χ4v) is 2.69. The number of rotatable bonds is 7. The molecule has 1 rings (SSSR count). The Morgan fingerprint density at radius 1 is 1.28 bits per heavy atom. The molecule has 1 atom stereocenters. The molecular weight excluding hydrogens is 246 g/mol. The fourth-order valence-electron chi connectivity index (χ4n) is 1.63. The summed E-state index contributed by atoms with van der Waals surface area (Å²) >= 11 is 1.65. The minimum atomic E-state index is -0.279. The molecule has 1 aromatic rings. The summed E-state index contributed by atoms with van der Waals surface area (Å²) in [5.41, 5.74) is 1.77. The van der Waals surface area contributed by atoms with E-state index in [9.17, 15) is 4.79 Å². The zero-order chi connectivity index (χ0) is 13.4. The molecule has 3 nitrogen and oxygen atoms in total. The van der Waals surface area contributed by atoms with Gasteiger partial charge in [-0.15, -0.1) is 11.8 Å². The lowest BCUT2D eigenvalue weighted by Gasteiger charge is -2.15. The summed E-state index contributed by atoms with van der Waals surface area (Å²) < 4.78 is 0. The van der Waals surface area contributed by atoms with Gasteiger partial charge in [0.25, 0.3) is 0 Å². The van der Waals surface area contributed by atoms with Crippen molar-refractivity contribution in [2.45, 2.75) is 31.6 Å². The number of benzene rings is 1. The summed E-state index contributed by atoms with van der Waals surface area (Å²) in [6.45, 7) is 4.27. The van der Waals surface area contributed by atoms with Gasteiger partial charge in [0.05, 0.1) is 0 Å². The minimum Gasteiger partial charge on any atom is -0.289 e. The number of carbonyl (C=O) groups is 1. The first-order valence-electron chi connectivity index (χ1n) is 6.25. The number of hydrogen-bond donors (Lipinski definition) is 2. The van der Waals surface area contributed by atoms with E-state index < -0.39 is 0 Å². The molecule has 2 N–H and O–H groups in total. The number of nitrogens with one attached hydrogen (secondary N) is 1. The highest BCUT2D eigenvalue weighted by atomic mass is 32.2. The van der Waals surface area contributed by atoms with Gasteiger partial charge < -0.3 is 0 Å².